The van der Waals surface area contributed by atoms with Crippen molar-refractivity contribution in [3.8, 4) is 5.75 Å². The summed E-state index contributed by atoms with van der Waals surface area (Å²) in [6, 6.07) is 11.5. The topological polar surface area (TPSA) is 57.7 Å². The highest BCUT2D eigenvalue weighted by molar-refractivity contribution is 5.94. The fourth-order valence-corrected chi connectivity index (χ4v) is 2.92. The third kappa shape index (κ3) is 4.95. The Balaban J connectivity index is 1.48. The standard InChI is InChI=1S/C20H26N4O2/c1-16(26-19-4-3-9-21-15-19)14-22-20(25)17-5-7-18(8-6-17)24-12-10-23(2)11-13-24/h3-9,15-16H,10-14H2,1-2H3,(H,22,25)/t16-/m0/s1. The molecule has 1 aromatic heterocycles. The smallest absolute Gasteiger partial charge is 0.251 e. The van der Waals surface area contributed by atoms with Gasteiger partial charge in [-0.1, -0.05) is 0 Å². The van der Waals surface area contributed by atoms with Gasteiger partial charge in [0.2, 0.25) is 0 Å². The van der Waals surface area contributed by atoms with E-state index in [1.165, 1.54) is 5.69 Å². The van der Waals surface area contributed by atoms with E-state index in [0.29, 0.717) is 17.9 Å². The van der Waals surface area contributed by atoms with Crippen molar-refractivity contribution < 1.29 is 9.53 Å². The van der Waals surface area contributed by atoms with E-state index < -0.39 is 0 Å². The van der Waals surface area contributed by atoms with Crippen molar-refractivity contribution in [1.29, 1.82) is 0 Å². The second-order valence-corrected chi connectivity index (χ2v) is 6.66. The summed E-state index contributed by atoms with van der Waals surface area (Å²) in [7, 11) is 2.14. The monoisotopic (exact) mass is 354 g/mol. The second-order valence-electron chi connectivity index (χ2n) is 6.66. The van der Waals surface area contributed by atoms with Crippen molar-refractivity contribution >= 4 is 11.6 Å². The van der Waals surface area contributed by atoms with E-state index in [0.717, 1.165) is 26.2 Å². The third-order valence-corrected chi connectivity index (χ3v) is 4.52. The fraction of sp³-hybridized carbons (Fsp3) is 0.400. The van der Waals surface area contributed by atoms with Crippen LogP contribution in [0.3, 0.4) is 0 Å². The molecule has 26 heavy (non-hydrogen) atoms. The Labute approximate surface area is 154 Å². The van der Waals surface area contributed by atoms with Crippen LogP contribution in [0.15, 0.2) is 48.8 Å². The first-order valence-corrected chi connectivity index (χ1v) is 9.00. The number of likely N-dealkylation sites (N-methyl/N-ethyl adjacent to an activating group) is 1. The highest BCUT2D eigenvalue weighted by atomic mass is 16.5. The number of carbonyl (C=O) groups is 1. The van der Waals surface area contributed by atoms with Crippen LogP contribution in [0.2, 0.25) is 0 Å². The van der Waals surface area contributed by atoms with Crippen LogP contribution in [-0.4, -0.2) is 61.7 Å². The van der Waals surface area contributed by atoms with E-state index >= 15 is 0 Å². The minimum absolute atomic E-state index is 0.0865. The van der Waals surface area contributed by atoms with Gasteiger partial charge in [-0.15, -0.1) is 0 Å². The molecule has 1 N–H and O–H groups in total. The Morgan fingerprint density at radius 2 is 1.92 bits per heavy atom. The molecule has 1 aromatic carbocycles. The van der Waals surface area contributed by atoms with Gasteiger partial charge in [-0.05, 0) is 50.4 Å². The summed E-state index contributed by atoms with van der Waals surface area (Å²) in [4.78, 5) is 21.0. The van der Waals surface area contributed by atoms with E-state index in [4.69, 9.17) is 4.74 Å². The summed E-state index contributed by atoms with van der Waals surface area (Å²) in [5.41, 5.74) is 1.83. The molecule has 3 rings (SSSR count). The van der Waals surface area contributed by atoms with Gasteiger partial charge >= 0.3 is 0 Å². The lowest BCUT2D eigenvalue weighted by atomic mass is 10.1. The molecule has 2 aromatic rings. The number of nitrogens with zero attached hydrogens (tertiary/aromatic N) is 3. The van der Waals surface area contributed by atoms with Crippen molar-refractivity contribution in [3.63, 3.8) is 0 Å². The number of amides is 1. The van der Waals surface area contributed by atoms with Gasteiger partial charge in [-0.25, -0.2) is 0 Å². The van der Waals surface area contributed by atoms with Gasteiger partial charge in [0.05, 0.1) is 12.7 Å². The number of carbonyl (C=O) groups excluding carboxylic acids is 1. The summed E-state index contributed by atoms with van der Waals surface area (Å²) < 4.78 is 5.72. The minimum atomic E-state index is -0.132. The van der Waals surface area contributed by atoms with Crippen molar-refractivity contribution in [2.45, 2.75) is 13.0 Å². The van der Waals surface area contributed by atoms with Gasteiger partial charge in [0, 0.05) is 43.6 Å². The summed E-state index contributed by atoms with van der Waals surface area (Å²) in [6.07, 6.45) is 3.23. The van der Waals surface area contributed by atoms with Crippen LogP contribution < -0.4 is 15.0 Å². The molecule has 1 atom stereocenters. The maximum atomic E-state index is 12.3. The number of ether oxygens (including phenoxy) is 1. The van der Waals surface area contributed by atoms with Gasteiger partial charge in [-0.2, -0.15) is 0 Å². The molecule has 0 radical (unpaired) electrons. The van der Waals surface area contributed by atoms with Crippen molar-refractivity contribution in [1.82, 2.24) is 15.2 Å². The fourth-order valence-electron chi connectivity index (χ4n) is 2.92. The van der Waals surface area contributed by atoms with Crippen molar-refractivity contribution in [2.24, 2.45) is 0 Å². The quantitative estimate of drug-likeness (QED) is 0.860. The molecule has 1 amide bonds. The molecular weight excluding hydrogens is 328 g/mol. The number of benzene rings is 1. The first-order chi connectivity index (χ1) is 12.6. The second kappa shape index (κ2) is 8.67. The number of rotatable bonds is 6. The van der Waals surface area contributed by atoms with E-state index in [1.54, 1.807) is 12.4 Å². The average Bonchev–Trinajstić information content (AvgIpc) is 2.68. The highest BCUT2D eigenvalue weighted by Gasteiger charge is 2.15. The third-order valence-electron chi connectivity index (χ3n) is 4.52. The predicted octanol–water partition coefficient (Wildman–Crippen LogP) is 2.03. The van der Waals surface area contributed by atoms with Gasteiger partial charge in [0.25, 0.3) is 5.91 Å². The van der Waals surface area contributed by atoms with Crippen LogP contribution in [0, 0.1) is 0 Å². The number of hydrogen-bond acceptors (Lipinski definition) is 5. The van der Waals surface area contributed by atoms with E-state index in [-0.39, 0.29) is 12.0 Å². The number of anilines is 1. The zero-order valence-electron chi connectivity index (χ0n) is 15.4. The lowest BCUT2D eigenvalue weighted by molar-refractivity contribution is 0.0932. The molecule has 6 nitrogen and oxygen atoms in total. The van der Waals surface area contributed by atoms with Gasteiger partial charge < -0.3 is 19.9 Å². The van der Waals surface area contributed by atoms with Crippen LogP contribution in [0.4, 0.5) is 5.69 Å². The van der Waals surface area contributed by atoms with E-state index in [9.17, 15) is 4.79 Å². The minimum Gasteiger partial charge on any atom is -0.487 e. The molecular formula is C20H26N4O2. The summed E-state index contributed by atoms with van der Waals surface area (Å²) in [6.45, 7) is 6.53. The van der Waals surface area contributed by atoms with Gasteiger partial charge in [0.15, 0.2) is 0 Å². The Hall–Kier alpha value is -2.60. The Kier molecular flexibility index (Phi) is 6.07. The predicted molar refractivity (Wildman–Crippen MR) is 103 cm³/mol. The molecule has 138 valence electrons. The molecule has 0 bridgehead atoms. The van der Waals surface area contributed by atoms with Crippen LogP contribution in [0.5, 0.6) is 5.75 Å². The lowest BCUT2D eigenvalue weighted by Crippen LogP contribution is -2.44. The molecule has 0 aliphatic carbocycles. The zero-order valence-corrected chi connectivity index (χ0v) is 15.4. The molecule has 0 spiro atoms. The Bertz CT molecular complexity index is 698. The molecule has 0 saturated carbocycles. The van der Waals surface area contributed by atoms with E-state index in [2.05, 4.69) is 27.1 Å². The van der Waals surface area contributed by atoms with Crippen LogP contribution >= 0.6 is 0 Å². The maximum absolute atomic E-state index is 12.3. The summed E-state index contributed by atoms with van der Waals surface area (Å²) in [5, 5.41) is 2.92. The lowest BCUT2D eigenvalue weighted by Gasteiger charge is -2.34. The molecule has 1 aliphatic heterocycles. The summed E-state index contributed by atoms with van der Waals surface area (Å²) in [5.74, 6) is 0.613. The Morgan fingerprint density at radius 1 is 1.19 bits per heavy atom. The number of hydrogen-bond donors (Lipinski definition) is 1. The normalized spacial score (nSPS) is 16.2. The first kappa shape index (κ1) is 18.2. The van der Waals surface area contributed by atoms with Crippen LogP contribution in [0.1, 0.15) is 17.3 Å². The van der Waals surface area contributed by atoms with Crippen LogP contribution in [-0.2, 0) is 0 Å². The molecule has 2 heterocycles. The highest BCUT2D eigenvalue weighted by Crippen LogP contribution is 2.17. The largest absolute Gasteiger partial charge is 0.487 e. The van der Waals surface area contributed by atoms with Gasteiger partial charge in [-0.3, -0.25) is 9.78 Å². The maximum Gasteiger partial charge on any atom is 0.251 e. The number of piperazine rings is 1. The van der Waals surface area contributed by atoms with E-state index in [1.807, 2.05) is 43.3 Å². The zero-order chi connectivity index (χ0) is 18.4. The van der Waals surface area contributed by atoms with Gasteiger partial charge in [0.1, 0.15) is 11.9 Å². The molecule has 1 aliphatic rings. The molecule has 1 fully saturated rings. The average molecular weight is 354 g/mol. The molecule has 6 heteroatoms. The van der Waals surface area contributed by atoms with Crippen LogP contribution in [0.25, 0.3) is 0 Å². The molecule has 1 saturated heterocycles. The first-order valence-electron chi connectivity index (χ1n) is 9.00. The number of nitrogens with one attached hydrogen (secondary N) is 1. The summed E-state index contributed by atoms with van der Waals surface area (Å²) >= 11 is 0. The number of aromatic nitrogens is 1. The Morgan fingerprint density at radius 3 is 2.58 bits per heavy atom. The van der Waals surface area contributed by atoms with Crippen molar-refractivity contribution in [3.05, 3.63) is 54.4 Å². The van der Waals surface area contributed by atoms with Crippen molar-refractivity contribution in [2.75, 3.05) is 44.7 Å². The molecule has 0 unspecified atom stereocenters. The number of pyridine rings is 1. The SMILES string of the molecule is C[C@@H](CNC(=O)c1ccc(N2CCN(C)CC2)cc1)Oc1cccnc1.